The molecule has 0 saturated heterocycles. The molecule has 98 valence electrons. The van der Waals surface area contributed by atoms with E-state index >= 15 is 0 Å². The lowest BCUT2D eigenvalue weighted by molar-refractivity contribution is 0.440. The van der Waals surface area contributed by atoms with E-state index in [9.17, 15) is 8.42 Å². The van der Waals surface area contributed by atoms with Gasteiger partial charge in [0.2, 0.25) is 10.0 Å². The lowest BCUT2D eigenvalue weighted by atomic mass is 9.99. The van der Waals surface area contributed by atoms with Crippen molar-refractivity contribution in [3.63, 3.8) is 0 Å². The first-order valence-corrected chi connectivity index (χ1v) is 7.66. The van der Waals surface area contributed by atoms with Gasteiger partial charge in [-0.05, 0) is 23.3 Å². The summed E-state index contributed by atoms with van der Waals surface area (Å²) in [6.07, 6.45) is 0. The number of hydrogen-bond acceptors (Lipinski definition) is 2. The molecule has 0 saturated carbocycles. The van der Waals surface area contributed by atoms with Gasteiger partial charge < -0.3 is 0 Å². The van der Waals surface area contributed by atoms with Crippen LogP contribution in [0.5, 0.6) is 0 Å². The zero-order valence-corrected chi connectivity index (χ0v) is 11.8. The first kappa shape index (κ1) is 12.7. The van der Waals surface area contributed by atoms with Gasteiger partial charge in [0, 0.05) is 12.1 Å². The maximum absolute atomic E-state index is 12.4. The zero-order chi connectivity index (χ0) is 13.6. The normalized spacial score (nSPS) is 21.3. The summed E-state index contributed by atoms with van der Waals surface area (Å²) < 4.78 is 26.1. The van der Waals surface area contributed by atoms with Crippen LogP contribution in [0.4, 0.5) is 0 Å². The summed E-state index contributed by atoms with van der Waals surface area (Å²) in [5.41, 5.74) is 1.58. The van der Waals surface area contributed by atoms with E-state index in [1.54, 1.807) is 25.2 Å². The molecule has 19 heavy (non-hydrogen) atoms. The van der Waals surface area contributed by atoms with E-state index in [0.717, 1.165) is 11.1 Å². The predicted molar refractivity (Wildman–Crippen MR) is 74.7 cm³/mol. The molecule has 0 fully saturated rings. The largest absolute Gasteiger partial charge is 0.244 e. The summed E-state index contributed by atoms with van der Waals surface area (Å²) in [6, 6.07) is 14.0. The minimum Gasteiger partial charge on any atom is -0.207 e. The molecule has 3 rings (SSSR count). The third kappa shape index (κ3) is 1.79. The van der Waals surface area contributed by atoms with Gasteiger partial charge in [-0.3, -0.25) is 0 Å². The van der Waals surface area contributed by atoms with Gasteiger partial charge in [0.25, 0.3) is 0 Å². The SMILES string of the molecule is CN1C(c2ccccc2Cl)c2ccccc2S1(=O)=O. The Bertz CT molecular complexity index is 743. The average Bonchev–Trinajstić information content (AvgIpc) is 2.60. The Balaban J connectivity index is 2.27. The molecule has 5 heteroatoms. The van der Waals surface area contributed by atoms with Crippen LogP contribution in [-0.4, -0.2) is 19.8 Å². The van der Waals surface area contributed by atoms with Crippen LogP contribution in [0, 0.1) is 0 Å². The van der Waals surface area contributed by atoms with Gasteiger partial charge in [-0.2, -0.15) is 4.31 Å². The third-order valence-electron chi connectivity index (χ3n) is 3.43. The van der Waals surface area contributed by atoms with Crippen LogP contribution in [0.1, 0.15) is 17.2 Å². The Kier molecular flexibility index (Phi) is 2.89. The Morgan fingerprint density at radius 1 is 1.00 bits per heavy atom. The van der Waals surface area contributed by atoms with Crippen molar-refractivity contribution in [1.29, 1.82) is 0 Å². The zero-order valence-electron chi connectivity index (χ0n) is 10.2. The Hall–Kier alpha value is -1.36. The molecule has 0 bridgehead atoms. The smallest absolute Gasteiger partial charge is 0.207 e. The van der Waals surface area contributed by atoms with Crippen LogP contribution in [-0.2, 0) is 10.0 Å². The van der Waals surface area contributed by atoms with Crippen LogP contribution in [0.2, 0.25) is 5.02 Å². The number of nitrogens with zero attached hydrogens (tertiary/aromatic N) is 1. The predicted octanol–water partition coefficient (Wildman–Crippen LogP) is 3.06. The highest BCUT2D eigenvalue weighted by Crippen LogP contribution is 2.43. The molecular formula is C14H12ClNO2S. The van der Waals surface area contributed by atoms with Crippen molar-refractivity contribution in [2.24, 2.45) is 0 Å². The molecule has 0 spiro atoms. The molecule has 1 unspecified atom stereocenters. The van der Waals surface area contributed by atoms with E-state index in [1.807, 2.05) is 30.3 Å². The topological polar surface area (TPSA) is 37.4 Å². The molecule has 1 aliphatic heterocycles. The second kappa shape index (κ2) is 4.34. The molecule has 0 radical (unpaired) electrons. The Morgan fingerprint density at radius 3 is 2.26 bits per heavy atom. The first-order valence-electron chi connectivity index (χ1n) is 5.85. The van der Waals surface area contributed by atoms with Gasteiger partial charge in [0.05, 0.1) is 10.9 Å². The van der Waals surface area contributed by atoms with Gasteiger partial charge in [0.1, 0.15) is 0 Å². The van der Waals surface area contributed by atoms with Crippen molar-refractivity contribution in [2.75, 3.05) is 7.05 Å². The minimum absolute atomic E-state index is 0.352. The van der Waals surface area contributed by atoms with Crippen LogP contribution in [0.25, 0.3) is 0 Å². The molecule has 1 aliphatic rings. The van der Waals surface area contributed by atoms with Gasteiger partial charge >= 0.3 is 0 Å². The van der Waals surface area contributed by atoms with E-state index in [-0.39, 0.29) is 6.04 Å². The lowest BCUT2D eigenvalue weighted by Gasteiger charge is -2.20. The number of hydrogen-bond donors (Lipinski definition) is 0. The highest BCUT2D eigenvalue weighted by molar-refractivity contribution is 7.89. The Morgan fingerprint density at radius 2 is 1.58 bits per heavy atom. The van der Waals surface area contributed by atoms with Crippen LogP contribution in [0.15, 0.2) is 53.4 Å². The highest BCUT2D eigenvalue weighted by atomic mass is 35.5. The molecule has 0 aliphatic carbocycles. The molecular weight excluding hydrogens is 282 g/mol. The van der Waals surface area contributed by atoms with Gasteiger partial charge in [-0.1, -0.05) is 48.0 Å². The summed E-state index contributed by atoms with van der Waals surface area (Å²) in [5, 5.41) is 0.575. The monoisotopic (exact) mass is 293 g/mol. The highest BCUT2D eigenvalue weighted by Gasteiger charge is 2.41. The maximum Gasteiger partial charge on any atom is 0.244 e. The number of fused-ring (bicyclic) bond motifs is 1. The van der Waals surface area contributed by atoms with Gasteiger partial charge in [0.15, 0.2) is 0 Å². The molecule has 0 aromatic heterocycles. The molecule has 2 aromatic rings. The average molecular weight is 294 g/mol. The summed E-state index contributed by atoms with van der Waals surface area (Å²) >= 11 is 6.21. The molecule has 3 nitrogen and oxygen atoms in total. The van der Waals surface area contributed by atoms with Crippen molar-refractivity contribution < 1.29 is 8.42 Å². The fraction of sp³-hybridized carbons (Fsp3) is 0.143. The number of benzene rings is 2. The number of sulfonamides is 1. The number of halogens is 1. The minimum atomic E-state index is -3.42. The van der Waals surface area contributed by atoms with Crippen molar-refractivity contribution in [1.82, 2.24) is 4.31 Å². The van der Waals surface area contributed by atoms with Crippen molar-refractivity contribution in [2.45, 2.75) is 10.9 Å². The molecule has 0 N–H and O–H groups in total. The maximum atomic E-state index is 12.4. The van der Waals surface area contributed by atoms with E-state index < -0.39 is 10.0 Å². The van der Waals surface area contributed by atoms with Crippen molar-refractivity contribution in [3.05, 3.63) is 64.7 Å². The summed E-state index contributed by atoms with van der Waals surface area (Å²) in [4.78, 5) is 0.363. The molecule has 1 heterocycles. The Labute approximate surface area is 117 Å². The summed E-state index contributed by atoms with van der Waals surface area (Å²) in [6.45, 7) is 0. The fourth-order valence-corrected chi connectivity index (χ4v) is 4.27. The standard InChI is InChI=1S/C14H12ClNO2S/c1-16-14(10-6-2-4-8-12(10)15)11-7-3-5-9-13(11)19(16,17)18/h2-9,14H,1H3. The second-order valence-electron chi connectivity index (χ2n) is 4.48. The molecule has 1 atom stereocenters. The van der Waals surface area contributed by atoms with E-state index in [2.05, 4.69) is 0 Å². The number of rotatable bonds is 1. The summed E-state index contributed by atoms with van der Waals surface area (Å²) in [5.74, 6) is 0. The second-order valence-corrected chi connectivity index (χ2v) is 6.86. The van der Waals surface area contributed by atoms with Gasteiger partial charge in [-0.15, -0.1) is 0 Å². The van der Waals surface area contributed by atoms with Gasteiger partial charge in [-0.25, -0.2) is 8.42 Å². The third-order valence-corrected chi connectivity index (χ3v) is 5.67. The summed E-state index contributed by atoms with van der Waals surface area (Å²) in [7, 11) is -1.84. The first-order chi connectivity index (χ1) is 9.03. The van der Waals surface area contributed by atoms with Crippen molar-refractivity contribution in [3.8, 4) is 0 Å². The van der Waals surface area contributed by atoms with Crippen LogP contribution in [0.3, 0.4) is 0 Å². The molecule has 0 amide bonds. The fourth-order valence-electron chi connectivity index (χ4n) is 2.49. The van der Waals surface area contributed by atoms with Crippen LogP contribution < -0.4 is 0 Å². The van der Waals surface area contributed by atoms with Crippen molar-refractivity contribution >= 4 is 21.6 Å². The van der Waals surface area contributed by atoms with E-state index in [1.165, 1.54) is 4.31 Å². The van der Waals surface area contributed by atoms with E-state index in [4.69, 9.17) is 11.6 Å². The lowest BCUT2D eigenvalue weighted by Crippen LogP contribution is -2.24. The quantitative estimate of drug-likeness (QED) is 0.810. The molecule has 2 aromatic carbocycles. The van der Waals surface area contributed by atoms with E-state index in [0.29, 0.717) is 9.92 Å². The van der Waals surface area contributed by atoms with Crippen LogP contribution >= 0.6 is 11.6 Å².